The summed E-state index contributed by atoms with van der Waals surface area (Å²) in [5, 5.41) is 0. The quantitative estimate of drug-likeness (QED) is 0.603. The van der Waals surface area contributed by atoms with E-state index in [-0.39, 0.29) is 12.6 Å². The van der Waals surface area contributed by atoms with Crippen molar-refractivity contribution in [2.45, 2.75) is 40.2 Å². The van der Waals surface area contributed by atoms with Gasteiger partial charge in [0.15, 0.2) is 0 Å². The Hall–Kier alpha value is -1.21. The minimum Gasteiger partial charge on any atom is -0.462 e. The first kappa shape index (κ1) is 16.8. The average Bonchev–Trinajstić information content (AvgIpc) is 2.34. The molecular formula is C13H19BrN2O4. The third kappa shape index (κ3) is 5.83. The third-order valence-electron chi connectivity index (χ3n) is 2.08. The largest absolute Gasteiger partial charge is 0.462 e. The molecule has 112 valence electrons. The Morgan fingerprint density at radius 1 is 1.20 bits per heavy atom. The fourth-order valence-electron chi connectivity index (χ4n) is 0.955. The number of ether oxygens (including phenoxy) is 1. The molecule has 1 aromatic rings. The second-order valence-electron chi connectivity index (χ2n) is 5.92. The number of hydrogen-bond donors (Lipinski definition) is 0. The minimum absolute atomic E-state index is 0.0843. The lowest BCUT2D eigenvalue weighted by molar-refractivity contribution is -0.326. The van der Waals surface area contributed by atoms with Crippen molar-refractivity contribution in [1.82, 2.24) is 9.97 Å². The van der Waals surface area contributed by atoms with Crippen LogP contribution in [0.1, 0.15) is 34.6 Å². The standard InChI is InChI=1S/C13H19BrN2O4/c1-12(2,3)20-19-10(17)13(4,5)8-18-11-15-6-9(14)7-16-11/h6-7H,8H2,1-5H3. The maximum atomic E-state index is 11.9. The molecule has 0 aliphatic rings. The number of rotatable bonds is 5. The number of aromatic nitrogens is 2. The fraction of sp³-hybridized carbons (Fsp3) is 0.615. The Bertz CT molecular complexity index is 454. The number of carbonyl (C=O) groups excluding carboxylic acids is 1. The molecule has 1 heterocycles. The van der Waals surface area contributed by atoms with Gasteiger partial charge in [0, 0.05) is 12.4 Å². The van der Waals surface area contributed by atoms with Gasteiger partial charge in [0.05, 0.1) is 9.89 Å². The predicted octanol–water partition coefficient (Wildman–Crippen LogP) is 2.92. The predicted molar refractivity (Wildman–Crippen MR) is 75.9 cm³/mol. The Kier molecular flexibility index (Phi) is 5.47. The molecule has 20 heavy (non-hydrogen) atoms. The summed E-state index contributed by atoms with van der Waals surface area (Å²) in [7, 11) is 0. The van der Waals surface area contributed by atoms with E-state index in [2.05, 4.69) is 25.9 Å². The highest BCUT2D eigenvalue weighted by molar-refractivity contribution is 9.10. The van der Waals surface area contributed by atoms with Crippen molar-refractivity contribution in [2.75, 3.05) is 6.61 Å². The number of halogens is 1. The normalized spacial score (nSPS) is 12.1. The Morgan fingerprint density at radius 3 is 2.25 bits per heavy atom. The summed E-state index contributed by atoms with van der Waals surface area (Å²) in [5.74, 6) is -0.510. The first-order chi connectivity index (χ1) is 9.10. The second kappa shape index (κ2) is 6.49. The molecule has 7 heteroatoms. The van der Waals surface area contributed by atoms with Gasteiger partial charge in [0.2, 0.25) is 0 Å². The highest BCUT2D eigenvalue weighted by atomic mass is 79.9. The fourth-order valence-corrected chi connectivity index (χ4v) is 1.16. The molecule has 1 rings (SSSR count). The molecule has 0 saturated heterocycles. The van der Waals surface area contributed by atoms with Crippen molar-refractivity contribution in [2.24, 2.45) is 5.41 Å². The van der Waals surface area contributed by atoms with Crippen LogP contribution in [0.4, 0.5) is 0 Å². The number of hydrogen-bond acceptors (Lipinski definition) is 6. The van der Waals surface area contributed by atoms with Crippen LogP contribution in [0.5, 0.6) is 6.01 Å². The molecule has 0 fully saturated rings. The lowest BCUT2D eigenvalue weighted by atomic mass is 9.95. The van der Waals surface area contributed by atoms with Crippen LogP contribution in [0.3, 0.4) is 0 Å². The smallest absolute Gasteiger partial charge is 0.351 e. The SMILES string of the molecule is CC(C)(C)OOC(=O)C(C)(C)COc1ncc(Br)cn1. The average molecular weight is 347 g/mol. The van der Waals surface area contributed by atoms with E-state index in [9.17, 15) is 4.79 Å². The van der Waals surface area contributed by atoms with Crippen LogP contribution >= 0.6 is 15.9 Å². The number of nitrogens with zero attached hydrogens (tertiary/aromatic N) is 2. The van der Waals surface area contributed by atoms with Gasteiger partial charge in [-0.05, 0) is 50.5 Å². The van der Waals surface area contributed by atoms with E-state index >= 15 is 0 Å². The Morgan fingerprint density at radius 2 is 1.75 bits per heavy atom. The maximum Gasteiger partial charge on any atom is 0.351 e. The van der Waals surface area contributed by atoms with Gasteiger partial charge in [0.25, 0.3) is 0 Å². The second-order valence-corrected chi connectivity index (χ2v) is 6.84. The van der Waals surface area contributed by atoms with Gasteiger partial charge in [-0.2, -0.15) is 4.89 Å². The molecule has 0 saturated carbocycles. The Labute approximate surface area is 126 Å². The summed E-state index contributed by atoms with van der Waals surface area (Å²) in [6, 6.07) is 0.200. The summed E-state index contributed by atoms with van der Waals surface area (Å²) in [6.07, 6.45) is 3.13. The van der Waals surface area contributed by atoms with E-state index < -0.39 is 17.0 Å². The monoisotopic (exact) mass is 346 g/mol. The zero-order valence-corrected chi connectivity index (χ0v) is 13.9. The van der Waals surface area contributed by atoms with Crippen molar-refractivity contribution in [3.63, 3.8) is 0 Å². The molecule has 0 N–H and O–H groups in total. The lowest BCUT2D eigenvalue weighted by Gasteiger charge is -2.24. The summed E-state index contributed by atoms with van der Waals surface area (Å²) in [5.41, 5.74) is -1.43. The summed E-state index contributed by atoms with van der Waals surface area (Å²) in [6.45, 7) is 8.85. The topological polar surface area (TPSA) is 70.5 Å². The van der Waals surface area contributed by atoms with E-state index in [1.165, 1.54) is 0 Å². The van der Waals surface area contributed by atoms with E-state index in [1.807, 2.05) is 0 Å². The highest BCUT2D eigenvalue weighted by Crippen LogP contribution is 2.20. The van der Waals surface area contributed by atoms with E-state index in [1.54, 1.807) is 47.0 Å². The zero-order valence-electron chi connectivity index (χ0n) is 12.3. The molecule has 0 bridgehead atoms. The van der Waals surface area contributed by atoms with Crippen molar-refractivity contribution in [3.8, 4) is 6.01 Å². The van der Waals surface area contributed by atoms with Crippen molar-refractivity contribution < 1.29 is 19.3 Å². The third-order valence-corrected chi connectivity index (χ3v) is 2.49. The van der Waals surface area contributed by atoms with E-state index in [4.69, 9.17) is 14.5 Å². The first-order valence-corrected chi connectivity index (χ1v) is 6.90. The first-order valence-electron chi connectivity index (χ1n) is 6.11. The summed E-state index contributed by atoms with van der Waals surface area (Å²) >= 11 is 3.23. The van der Waals surface area contributed by atoms with Crippen LogP contribution in [0.15, 0.2) is 16.9 Å². The van der Waals surface area contributed by atoms with Gasteiger partial charge in [-0.15, -0.1) is 0 Å². The van der Waals surface area contributed by atoms with Crippen LogP contribution < -0.4 is 4.74 Å². The molecule has 0 aliphatic carbocycles. The summed E-state index contributed by atoms with van der Waals surface area (Å²) < 4.78 is 6.13. The van der Waals surface area contributed by atoms with Gasteiger partial charge in [-0.25, -0.2) is 14.8 Å². The molecular weight excluding hydrogens is 328 g/mol. The molecule has 6 nitrogen and oxygen atoms in total. The maximum absolute atomic E-state index is 11.9. The van der Waals surface area contributed by atoms with Crippen LogP contribution in [-0.4, -0.2) is 28.1 Å². The van der Waals surface area contributed by atoms with E-state index in [0.717, 1.165) is 4.47 Å². The van der Waals surface area contributed by atoms with Gasteiger partial charge >= 0.3 is 12.0 Å². The van der Waals surface area contributed by atoms with Crippen molar-refractivity contribution >= 4 is 21.9 Å². The van der Waals surface area contributed by atoms with Crippen LogP contribution in [-0.2, 0) is 14.6 Å². The van der Waals surface area contributed by atoms with Crippen LogP contribution in [0.25, 0.3) is 0 Å². The van der Waals surface area contributed by atoms with Crippen LogP contribution in [0.2, 0.25) is 0 Å². The van der Waals surface area contributed by atoms with Gasteiger partial charge in [-0.1, -0.05) is 0 Å². The molecule has 0 aromatic carbocycles. The molecule has 0 aliphatic heterocycles. The lowest BCUT2D eigenvalue weighted by Crippen LogP contribution is -2.35. The van der Waals surface area contributed by atoms with E-state index in [0.29, 0.717) is 0 Å². The molecule has 0 unspecified atom stereocenters. The highest BCUT2D eigenvalue weighted by Gasteiger charge is 2.33. The Balaban J connectivity index is 2.51. The zero-order chi connectivity index (χ0) is 15.4. The molecule has 1 aromatic heterocycles. The molecule has 0 radical (unpaired) electrons. The van der Waals surface area contributed by atoms with Crippen molar-refractivity contribution in [1.29, 1.82) is 0 Å². The molecule has 0 atom stereocenters. The summed E-state index contributed by atoms with van der Waals surface area (Å²) in [4.78, 5) is 29.7. The minimum atomic E-state index is -0.873. The molecule has 0 amide bonds. The van der Waals surface area contributed by atoms with Gasteiger partial charge < -0.3 is 4.74 Å². The van der Waals surface area contributed by atoms with Crippen LogP contribution in [0, 0.1) is 5.41 Å². The van der Waals surface area contributed by atoms with Gasteiger partial charge in [-0.3, -0.25) is 4.89 Å². The van der Waals surface area contributed by atoms with Crippen molar-refractivity contribution in [3.05, 3.63) is 16.9 Å². The molecule has 0 spiro atoms. The number of carbonyl (C=O) groups is 1. The van der Waals surface area contributed by atoms with Gasteiger partial charge in [0.1, 0.15) is 12.2 Å².